The molecule has 10 heteroatoms. The molecule has 10 nitrogen and oxygen atoms in total. The van der Waals surface area contributed by atoms with Crippen LogP contribution in [0, 0.1) is 20.2 Å². The highest BCUT2D eigenvalue weighted by Gasteiger charge is 2.27. The molecule has 0 bridgehead atoms. The first-order valence-electron chi connectivity index (χ1n) is 5.56. The second-order valence-corrected chi connectivity index (χ2v) is 3.69. The van der Waals surface area contributed by atoms with Crippen molar-refractivity contribution >= 4 is 23.3 Å². The number of para-hydroxylation sites is 1. The van der Waals surface area contributed by atoms with Crippen LogP contribution in [0.25, 0.3) is 0 Å². The molecule has 0 radical (unpaired) electrons. The van der Waals surface area contributed by atoms with Crippen molar-refractivity contribution in [3.05, 3.63) is 62.7 Å². The van der Waals surface area contributed by atoms with Gasteiger partial charge in [0.05, 0.1) is 22.3 Å². The van der Waals surface area contributed by atoms with E-state index in [0.717, 1.165) is 6.07 Å². The van der Waals surface area contributed by atoms with Crippen LogP contribution in [0.5, 0.6) is 0 Å². The van der Waals surface area contributed by atoms with Gasteiger partial charge in [0.25, 0.3) is 0 Å². The monoisotopic (exact) mass is 288 g/mol. The molecular formula is C11H8N6O4. The molecule has 0 aliphatic rings. The van der Waals surface area contributed by atoms with Crippen molar-refractivity contribution < 1.29 is 9.85 Å². The molecule has 106 valence electrons. The first-order valence-corrected chi connectivity index (χ1v) is 5.56. The number of nitrogens with zero attached hydrogens (tertiary/aromatic N) is 5. The molecule has 0 saturated heterocycles. The van der Waals surface area contributed by atoms with Gasteiger partial charge in [0.1, 0.15) is 11.4 Å². The Morgan fingerprint density at radius 3 is 2.62 bits per heavy atom. The Bertz CT molecular complexity index is 703. The van der Waals surface area contributed by atoms with Gasteiger partial charge in [-0.15, -0.1) is 0 Å². The van der Waals surface area contributed by atoms with Crippen molar-refractivity contribution in [2.45, 2.75) is 0 Å². The summed E-state index contributed by atoms with van der Waals surface area (Å²) in [5.41, 5.74) is 1.47. The Labute approximate surface area is 117 Å². The Morgan fingerprint density at radius 1 is 1.19 bits per heavy atom. The molecule has 1 heterocycles. The number of hydrazone groups is 1. The second kappa shape index (κ2) is 6.14. The highest BCUT2D eigenvalue weighted by Crippen LogP contribution is 2.34. The first kappa shape index (κ1) is 14.0. The topological polar surface area (TPSA) is 136 Å². The highest BCUT2D eigenvalue weighted by atomic mass is 16.6. The number of anilines is 1. The van der Waals surface area contributed by atoms with Crippen molar-refractivity contribution in [3.8, 4) is 0 Å². The number of nitrogens with one attached hydrogen (secondary N) is 1. The number of benzene rings is 1. The quantitative estimate of drug-likeness (QED) is 0.502. The third kappa shape index (κ3) is 3.32. The van der Waals surface area contributed by atoms with Crippen LogP contribution in [0.15, 0.2) is 41.9 Å². The molecule has 21 heavy (non-hydrogen) atoms. The number of hydrogen-bond acceptors (Lipinski definition) is 8. The SMILES string of the molecule is O=[N+]([O-])c1cccc(NN=Cc2cnccn2)c1[N+](=O)[O-]. The molecule has 0 saturated carbocycles. The van der Waals surface area contributed by atoms with Crippen LogP contribution in [0.3, 0.4) is 0 Å². The van der Waals surface area contributed by atoms with E-state index in [2.05, 4.69) is 20.5 Å². The molecule has 1 aromatic carbocycles. The summed E-state index contributed by atoms with van der Waals surface area (Å²) in [6, 6.07) is 3.69. The zero-order valence-electron chi connectivity index (χ0n) is 10.4. The predicted molar refractivity (Wildman–Crippen MR) is 73.0 cm³/mol. The lowest BCUT2D eigenvalue weighted by atomic mass is 10.2. The smallest absolute Gasteiger partial charge is 0.271 e. The average Bonchev–Trinajstić information content (AvgIpc) is 2.47. The van der Waals surface area contributed by atoms with E-state index < -0.39 is 21.2 Å². The maximum Gasteiger partial charge on any atom is 0.370 e. The molecule has 0 atom stereocenters. The summed E-state index contributed by atoms with van der Waals surface area (Å²) >= 11 is 0. The van der Waals surface area contributed by atoms with Crippen molar-refractivity contribution in [1.29, 1.82) is 0 Å². The highest BCUT2D eigenvalue weighted by molar-refractivity contribution is 5.78. The minimum absolute atomic E-state index is 0.0886. The number of nitro benzene ring substituents is 2. The summed E-state index contributed by atoms with van der Waals surface area (Å²) in [7, 11) is 0. The van der Waals surface area contributed by atoms with Gasteiger partial charge in [0.2, 0.25) is 0 Å². The lowest BCUT2D eigenvalue weighted by Gasteiger charge is -2.02. The van der Waals surface area contributed by atoms with Crippen molar-refractivity contribution in [3.63, 3.8) is 0 Å². The minimum Gasteiger partial charge on any atom is -0.271 e. The second-order valence-electron chi connectivity index (χ2n) is 3.69. The number of hydrogen-bond donors (Lipinski definition) is 1. The van der Waals surface area contributed by atoms with E-state index in [-0.39, 0.29) is 5.69 Å². The Morgan fingerprint density at radius 2 is 2.00 bits per heavy atom. The normalized spacial score (nSPS) is 10.5. The van der Waals surface area contributed by atoms with E-state index in [0.29, 0.717) is 5.69 Å². The van der Waals surface area contributed by atoms with Crippen molar-refractivity contribution in [2.24, 2.45) is 5.10 Å². The minimum atomic E-state index is -0.835. The molecule has 1 aromatic heterocycles. The lowest BCUT2D eigenvalue weighted by Crippen LogP contribution is -2.01. The van der Waals surface area contributed by atoms with E-state index in [1.54, 1.807) is 0 Å². The van der Waals surface area contributed by atoms with Gasteiger partial charge in [0, 0.05) is 18.5 Å². The van der Waals surface area contributed by atoms with E-state index in [4.69, 9.17) is 0 Å². The number of aromatic nitrogens is 2. The van der Waals surface area contributed by atoms with E-state index in [1.807, 2.05) is 0 Å². The first-order chi connectivity index (χ1) is 10.1. The molecule has 1 N–H and O–H groups in total. The van der Waals surface area contributed by atoms with Crippen LogP contribution in [-0.4, -0.2) is 26.0 Å². The van der Waals surface area contributed by atoms with Crippen LogP contribution in [0.4, 0.5) is 17.1 Å². The van der Waals surface area contributed by atoms with Crippen LogP contribution in [0.2, 0.25) is 0 Å². The van der Waals surface area contributed by atoms with Gasteiger partial charge in [-0.3, -0.25) is 35.6 Å². The lowest BCUT2D eigenvalue weighted by molar-refractivity contribution is -0.421. The van der Waals surface area contributed by atoms with Crippen LogP contribution in [-0.2, 0) is 0 Å². The summed E-state index contributed by atoms with van der Waals surface area (Å²) in [5.74, 6) is 0. The van der Waals surface area contributed by atoms with Gasteiger partial charge in [0.15, 0.2) is 0 Å². The van der Waals surface area contributed by atoms with Crippen molar-refractivity contribution in [2.75, 3.05) is 5.43 Å². The van der Waals surface area contributed by atoms with Crippen molar-refractivity contribution in [1.82, 2.24) is 9.97 Å². The zero-order chi connectivity index (χ0) is 15.2. The fourth-order valence-corrected chi connectivity index (χ4v) is 1.51. The molecule has 2 rings (SSSR count). The zero-order valence-corrected chi connectivity index (χ0v) is 10.4. The van der Waals surface area contributed by atoms with Gasteiger partial charge in [-0.25, -0.2) is 0 Å². The molecular weight excluding hydrogens is 280 g/mol. The summed E-state index contributed by atoms with van der Waals surface area (Å²) in [6.45, 7) is 0. The van der Waals surface area contributed by atoms with Crippen LogP contribution < -0.4 is 5.43 Å². The maximum atomic E-state index is 11.0. The Balaban J connectivity index is 2.28. The van der Waals surface area contributed by atoms with Crippen LogP contribution >= 0.6 is 0 Å². The number of rotatable bonds is 5. The predicted octanol–water partition coefficient (Wildman–Crippen LogP) is 1.74. The molecule has 0 fully saturated rings. The molecule has 0 aliphatic heterocycles. The van der Waals surface area contributed by atoms with E-state index in [1.165, 1.54) is 36.9 Å². The Kier molecular flexibility index (Phi) is 4.09. The average molecular weight is 288 g/mol. The number of nitro groups is 2. The van der Waals surface area contributed by atoms with Gasteiger partial charge >= 0.3 is 11.4 Å². The largest absolute Gasteiger partial charge is 0.370 e. The van der Waals surface area contributed by atoms with E-state index >= 15 is 0 Å². The summed E-state index contributed by atoms with van der Waals surface area (Å²) in [6.07, 6.45) is 5.66. The van der Waals surface area contributed by atoms with Gasteiger partial charge in [-0.05, 0) is 6.07 Å². The van der Waals surface area contributed by atoms with E-state index in [9.17, 15) is 20.2 Å². The molecule has 0 amide bonds. The third-order valence-electron chi connectivity index (χ3n) is 2.36. The van der Waals surface area contributed by atoms with Crippen LogP contribution in [0.1, 0.15) is 5.69 Å². The summed E-state index contributed by atoms with van der Waals surface area (Å²) in [5, 5.41) is 25.5. The van der Waals surface area contributed by atoms with Gasteiger partial charge in [-0.2, -0.15) is 5.10 Å². The standard InChI is InChI=1S/C11H8N6O4/c18-16(19)10-3-1-2-9(11(10)17(20)21)15-14-7-8-6-12-4-5-13-8/h1-7,15H. The summed E-state index contributed by atoms with van der Waals surface area (Å²) < 4.78 is 0. The summed E-state index contributed by atoms with van der Waals surface area (Å²) in [4.78, 5) is 27.8. The molecule has 0 spiro atoms. The Hall–Kier alpha value is -3.43. The molecule has 0 unspecified atom stereocenters. The fraction of sp³-hybridized carbons (Fsp3) is 0. The van der Waals surface area contributed by atoms with Gasteiger partial charge < -0.3 is 0 Å². The molecule has 2 aromatic rings. The maximum absolute atomic E-state index is 11.0. The molecule has 0 aliphatic carbocycles. The third-order valence-corrected chi connectivity index (χ3v) is 2.36. The fourth-order valence-electron chi connectivity index (χ4n) is 1.51. The van der Waals surface area contributed by atoms with Gasteiger partial charge in [-0.1, -0.05) is 6.07 Å².